The van der Waals surface area contributed by atoms with E-state index in [1.54, 1.807) is 48.5 Å². The van der Waals surface area contributed by atoms with Crippen LogP contribution in [0.5, 0.6) is 0 Å². The summed E-state index contributed by atoms with van der Waals surface area (Å²) in [6, 6.07) is 20.8. The lowest BCUT2D eigenvalue weighted by molar-refractivity contribution is -0.161. The zero-order chi connectivity index (χ0) is 30.6. The van der Waals surface area contributed by atoms with Crippen molar-refractivity contribution < 1.29 is 23.9 Å². The number of anilines is 1. The number of rotatable bonds is 7. The number of amides is 4. The molecule has 1 aliphatic rings. The Morgan fingerprint density at radius 1 is 0.977 bits per heavy atom. The van der Waals surface area contributed by atoms with E-state index in [-0.39, 0.29) is 43.6 Å². The Labute approximate surface area is 247 Å². The van der Waals surface area contributed by atoms with E-state index in [1.807, 2.05) is 31.2 Å². The molecule has 3 N–H and O–H groups in total. The number of aryl methyl sites for hydroxylation is 2. The van der Waals surface area contributed by atoms with Crippen LogP contribution >= 0.6 is 0 Å². The smallest absolute Gasteiger partial charge is 0.342 e. The number of nitrogens with zero attached hydrogens (tertiary/aromatic N) is 2. The molecule has 1 aromatic heterocycles. The molecule has 5 rings (SSSR count). The molecule has 0 radical (unpaired) electrons. The van der Waals surface area contributed by atoms with Crippen LogP contribution in [0.4, 0.5) is 10.5 Å². The summed E-state index contributed by atoms with van der Waals surface area (Å²) in [7, 11) is 0. The van der Waals surface area contributed by atoms with Gasteiger partial charge >= 0.3 is 12.0 Å². The van der Waals surface area contributed by atoms with Gasteiger partial charge in [0.15, 0.2) is 0 Å². The van der Waals surface area contributed by atoms with Crippen LogP contribution in [-0.4, -0.2) is 33.4 Å². The molecule has 220 valence electrons. The van der Waals surface area contributed by atoms with Gasteiger partial charge in [0.25, 0.3) is 11.5 Å². The number of esters is 1. The molecule has 1 fully saturated rings. The summed E-state index contributed by atoms with van der Waals surface area (Å²) in [4.78, 5) is 70.7. The molecule has 11 heteroatoms. The molecule has 1 unspecified atom stereocenters. The average Bonchev–Trinajstić information content (AvgIpc) is 3.13. The van der Waals surface area contributed by atoms with E-state index in [1.165, 1.54) is 6.92 Å². The first-order valence-electron chi connectivity index (χ1n) is 13.9. The van der Waals surface area contributed by atoms with Gasteiger partial charge in [0.1, 0.15) is 12.4 Å². The molecule has 11 nitrogen and oxygen atoms in total. The van der Waals surface area contributed by atoms with Gasteiger partial charge < -0.3 is 15.4 Å². The first-order chi connectivity index (χ1) is 20.7. The third-order valence-corrected chi connectivity index (χ3v) is 7.33. The van der Waals surface area contributed by atoms with E-state index in [0.717, 1.165) is 10.1 Å². The van der Waals surface area contributed by atoms with Crippen molar-refractivity contribution in [3.8, 4) is 0 Å². The zero-order valence-corrected chi connectivity index (χ0v) is 23.8. The normalized spacial score (nSPS) is 16.7. The van der Waals surface area contributed by atoms with Gasteiger partial charge in [-0.05, 0) is 67.6 Å². The van der Waals surface area contributed by atoms with E-state index >= 15 is 0 Å². The summed E-state index contributed by atoms with van der Waals surface area (Å²) in [5.41, 5.74) is 0.496. The summed E-state index contributed by atoms with van der Waals surface area (Å²) >= 11 is 0. The predicted octanol–water partition coefficient (Wildman–Crippen LogP) is 3.60. The number of benzene rings is 3. The van der Waals surface area contributed by atoms with Crippen molar-refractivity contribution in [2.45, 2.75) is 51.8 Å². The maximum absolute atomic E-state index is 14.1. The van der Waals surface area contributed by atoms with Crippen LogP contribution in [0.3, 0.4) is 0 Å². The Hall–Kier alpha value is -5.32. The van der Waals surface area contributed by atoms with Gasteiger partial charge in [0.05, 0.1) is 10.9 Å². The first kappa shape index (κ1) is 29.2. The number of carbonyl (C=O) groups is 4. The van der Waals surface area contributed by atoms with Crippen LogP contribution in [0.25, 0.3) is 10.9 Å². The number of carbonyl (C=O) groups excluding carboxylic acids is 4. The maximum Gasteiger partial charge on any atom is 0.342 e. The summed E-state index contributed by atoms with van der Waals surface area (Å²) in [6.07, 6.45) is 0.0448. The Morgan fingerprint density at radius 2 is 1.77 bits per heavy atom. The largest absolute Gasteiger partial charge is 0.459 e. The molecule has 4 aromatic rings. The van der Waals surface area contributed by atoms with E-state index in [9.17, 15) is 24.0 Å². The van der Waals surface area contributed by atoms with Gasteiger partial charge in [0.2, 0.25) is 11.4 Å². The predicted molar refractivity (Wildman–Crippen MR) is 159 cm³/mol. The highest BCUT2D eigenvalue weighted by Gasteiger charge is 2.52. The molecular formula is C32H31N5O6. The monoisotopic (exact) mass is 581 g/mol. The molecule has 43 heavy (non-hydrogen) atoms. The Balaban J connectivity index is 1.48. The van der Waals surface area contributed by atoms with Crippen molar-refractivity contribution in [3.63, 3.8) is 0 Å². The van der Waals surface area contributed by atoms with Gasteiger partial charge in [-0.3, -0.25) is 24.3 Å². The van der Waals surface area contributed by atoms with Gasteiger partial charge in [-0.2, -0.15) is 0 Å². The summed E-state index contributed by atoms with van der Waals surface area (Å²) in [6.45, 7) is 3.42. The third kappa shape index (κ3) is 6.15. The van der Waals surface area contributed by atoms with Gasteiger partial charge in [-0.15, -0.1) is 0 Å². The molecule has 2 heterocycles. The molecule has 0 spiro atoms. The lowest BCUT2D eigenvalue weighted by Gasteiger charge is -2.31. The van der Waals surface area contributed by atoms with Crippen molar-refractivity contribution in [2.24, 2.45) is 0 Å². The van der Waals surface area contributed by atoms with Crippen molar-refractivity contribution in [2.75, 3.05) is 5.32 Å². The fraction of sp³-hybridized carbons (Fsp3) is 0.250. The highest BCUT2D eigenvalue weighted by molar-refractivity contribution is 6.11. The number of imide groups is 1. The van der Waals surface area contributed by atoms with Crippen molar-refractivity contribution in [3.05, 3.63) is 106 Å². The Kier molecular flexibility index (Phi) is 8.33. The Bertz CT molecular complexity index is 1780. The lowest BCUT2D eigenvalue weighted by Crippen LogP contribution is -2.58. The number of hydrogen-bond acceptors (Lipinski definition) is 7. The number of nitrogens with one attached hydrogen (secondary N) is 3. The molecule has 1 aliphatic heterocycles. The molecule has 4 amide bonds. The first-order valence-corrected chi connectivity index (χ1v) is 13.9. The second kappa shape index (κ2) is 12.3. The lowest BCUT2D eigenvalue weighted by atomic mass is 9.91. The van der Waals surface area contributed by atoms with Crippen molar-refractivity contribution in [1.82, 2.24) is 20.2 Å². The SMILES string of the molecule is Cc1cccc(NC(=O)NCc2ccc3nc(C)n(C4(C(=O)OCc5ccccc5)CCCC(=O)NC4=O)c(=O)c3c2)c1. The van der Waals surface area contributed by atoms with Gasteiger partial charge in [0, 0.05) is 18.7 Å². The van der Waals surface area contributed by atoms with Crippen LogP contribution in [0.1, 0.15) is 41.8 Å². The van der Waals surface area contributed by atoms with Gasteiger partial charge in [-0.1, -0.05) is 48.5 Å². The average molecular weight is 582 g/mol. The highest BCUT2D eigenvalue weighted by atomic mass is 16.5. The second-order valence-corrected chi connectivity index (χ2v) is 10.5. The minimum Gasteiger partial charge on any atom is -0.459 e. The number of fused-ring (bicyclic) bond motifs is 1. The molecule has 1 atom stereocenters. The van der Waals surface area contributed by atoms with Crippen molar-refractivity contribution in [1.29, 1.82) is 0 Å². The van der Waals surface area contributed by atoms with E-state index < -0.39 is 34.9 Å². The second-order valence-electron chi connectivity index (χ2n) is 10.5. The van der Waals surface area contributed by atoms with Crippen LogP contribution in [0.15, 0.2) is 77.6 Å². The quantitative estimate of drug-likeness (QED) is 0.172. The van der Waals surface area contributed by atoms with Crippen LogP contribution < -0.4 is 21.5 Å². The fourth-order valence-corrected chi connectivity index (χ4v) is 5.24. The van der Waals surface area contributed by atoms with Crippen LogP contribution in [0, 0.1) is 13.8 Å². The highest BCUT2D eigenvalue weighted by Crippen LogP contribution is 2.30. The maximum atomic E-state index is 14.1. The zero-order valence-electron chi connectivity index (χ0n) is 23.8. The molecule has 1 saturated heterocycles. The standard InChI is InChI=1S/C32H31N5O6/c1-20-8-6-11-24(16-20)35-31(42)33-18-23-13-14-26-25(17-23)28(39)37(21(2)34-26)32(15-7-12-27(38)36-29(32)40)30(41)43-19-22-9-4-3-5-10-22/h3-6,8-11,13-14,16-17H,7,12,15,18-19H2,1-2H3,(H2,33,35,42)(H,36,38,40). The van der Waals surface area contributed by atoms with E-state index in [2.05, 4.69) is 20.9 Å². The summed E-state index contributed by atoms with van der Waals surface area (Å²) < 4.78 is 6.64. The van der Waals surface area contributed by atoms with Crippen molar-refractivity contribution >= 4 is 40.4 Å². The summed E-state index contributed by atoms with van der Waals surface area (Å²) in [5, 5.41) is 7.93. The number of urea groups is 1. The molecule has 0 saturated carbocycles. The fourth-order valence-electron chi connectivity index (χ4n) is 5.24. The van der Waals surface area contributed by atoms with E-state index in [0.29, 0.717) is 22.3 Å². The van der Waals surface area contributed by atoms with Crippen LogP contribution in [0.2, 0.25) is 0 Å². The third-order valence-electron chi connectivity index (χ3n) is 7.33. The Morgan fingerprint density at radius 3 is 2.53 bits per heavy atom. The minimum atomic E-state index is -2.15. The van der Waals surface area contributed by atoms with Gasteiger partial charge in [-0.25, -0.2) is 14.6 Å². The molecular weight excluding hydrogens is 550 g/mol. The molecule has 0 bridgehead atoms. The number of aromatic nitrogens is 2. The number of ether oxygens (including phenoxy) is 1. The van der Waals surface area contributed by atoms with E-state index in [4.69, 9.17) is 4.74 Å². The van der Waals surface area contributed by atoms with Crippen LogP contribution in [-0.2, 0) is 37.8 Å². The number of hydrogen-bond donors (Lipinski definition) is 3. The topological polar surface area (TPSA) is 148 Å². The summed E-state index contributed by atoms with van der Waals surface area (Å²) in [5.74, 6) is -2.33. The minimum absolute atomic E-state index is 0.00863. The molecule has 0 aliphatic carbocycles. The molecule has 3 aromatic carbocycles.